The molecule has 26 heavy (non-hydrogen) atoms. The van der Waals surface area contributed by atoms with Crippen LogP contribution in [-0.4, -0.2) is 12.5 Å². The maximum atomic E-state index is 12.9. The van der Waals surface area contributed by atoms with E-state index in [2.05, 4.69) is 10.1 Å². The number of alkyl halides is 2. The molecule has 0 atom stereocenters. The summed E-state index contributed by atoms with van der Waals surface area (Å²) in [5.74, 6) is -0.176. The van der Waals surface area contributed by atoms with Gasteiger partial charge in [0.05, 0.1) is 0 Å². The molecule has 3 rings (SSSR count). The summed E-state index contributed by atoms with van der Waals surface area (Å²) in [5.41, 5.74) is 1.37. The van der Waals surface area contributed by atoms with Gasteiger partial charge >= 0.3 is 6.61 Å². The molecule has 0 aliphatic heterocycles. The minimum Gasteiger partial charge on any atom is -0.451 e. The second-order valence-corrected chi connectivity index (χ2v) is 5.38. The van der Waals surface area contributed by atoms with Crippen LogP contribution in [0.5, 0.6) is 5.75 Å². The lowest BCUT2D eigenvalue weighted by Crippen LogP contribution is -2.22. The van der Waals surface area contributed by atoms with E-state index in [1.807, 2.05) is 0 Å². The van der Waals surface area contributed by atoms with Gasteiger partial charge in [0.1, 0.15) is 17.3 Å². The molecule has 3 aromatic rings. The molecule has 0 radical (unpaired) electrons. The predicted molar refractivity (Wildman–Crippen MR) is 88.3 cm³/mol. The highest BCUT2D eigenvalue weighted by Crippen LogP contribution is 2.22. The Morgan fingerprint density at radius 2 is 1.69 bits per heavy atom. The third-order valence-corrected chi connectivity index (χ3v) is 3.56. The zero-order valence-corrected chi connectivity index (χ0v) is 13.4. The summed E-state index contributed by atoms with van der Waals surface area (Å²) >= 11 is 0. The lowest BCUT2D eigenvalue weighted by molar-refractivity contribution is -0.0498. The van der Waals surface area contributed by atoms with Crippen LogP contribution in [0.4, 0.5) is 13.2 Å². The molecule has 0 unspecified atom stereocenters. The maximum Gasteiger partial charge on any atom is 0.387 e. The van der Waals surface area contributed by atoms with Gasteiger partial charge in [-0.25, -0.2) is 4.39 Å². The lowest BCUT2D eigenvalue weighted by atomic mass is 10.2. The highest BCUT2D eigenvalue weighted by Gasteiger charge is 2.12. The van der Waals surface area contributed by atoms with Crippen LogP contribution in [0.15, 0.2) is 65.1 Å². The van der Waals surface area contributed by atoms with Crippen molar-refractivity contribution in [1.29, 1.82) is 0 Å². The fourth-order valence-corrected chi connectivity index (χ4v) is 2.29. The summed E-state index contributed by atoms with van der Waals surface area (Å²) in [6, 6.07) is 14.8. The standard InChI is InChI=1S/C19H14F3NO3/c20-14-5-3-13(4-6-14)16-9-10-17(26-16)18(24)23-11-12-1-7-15(8-2-12)25-19(21)22/h1-10,19H,11H2,(H,23,24). The van der Waals surface area contributed by atoms with Crippen molar-refractivity contribution in [2.24, 2.45) is 0 Å². The molecule has 4 nitrogen and oxygen atoms in total. The van der Waals surface area contributed by atoms with E-state index in [-0.39, 0.29) is 23.9 Å². The van der Waals surface area contributed by atoms with Gasteiger partial charge in [-0.1, -0.05) is 12.1 Å². The number of hydrogen-bond donors (Lipinski definition) is 1. The molecule has 1 heterocycles. The molecular weight excluding hydrogens is 347 g/mol. The number of furan rings is 1. The molecule has 1 amide bonds. The van der Waals surface area contributed by atoms with Gasteiger partial charge in [0.25, 0.3) is 5.91 Å². The summed E-state index contributed by atoms with van der Waals surface area (Å²) in [6.45, 7) is -2.68. The first-order valence-corrected chi connectivity index (χ1v) is 7.69. The summed E-state index contributed by atoms with van der Waals surface area (Å²) in [5, 5.41) is 2.67. The number of nitrogens with one attached hydrogen (secondary N) is 1. The number of hydrogen-bond acceptors (Lipinski definition) is 3. The number of amides is 1. The molecule has 0 saturated carbocycles. The molecular formula is C19H14F3NO3. The Hall–Kier alpha value is -3.22. The van der Waals surface area contributed by atoms with Gasteiger partial charge in [0.15, 0.2) is 5.76 Å². The van der Waals surface area contributed by atoms with Gasteiger partial charge in [-0.15, -0.1) is 0 Å². The molecule has 0 aliphatic carbocycles. The lowest BCUT2D eigenvalue weighted by Gasteiger charge is -2.06. The van der Waals surface area contributed by atoms with Crippen molar-refractivity contribution in [2.45, 2.75) is 13.2 Å². The zero-order chi connectivity index (χ0) is 18.5. The Labute approximate surface area is 147 Å². The zero-order valence-electron chi connectivity index (χ0n) is 13.4. The van der Waals surface area contributed by atoms with Crippen molar-refractivity contribution < 1.29 is 27.1 Å². The topological polar surface area (TPSA) is 51.5 Å². The second kappa shape index (κ2) is 7.77. The van der Waals surface area contributed by atoms with Gasteiger partial charge in [-0.3, -0.25) is 4.79 Å². The van der Waals surface area contributed by atoms with E-state index in [0.717, 1.165) is 0 Å². The first kappa shape index (κ1) is 17.6. The van der Waals surface area contributed by atoms with Gasteiger partial charge in [-0.2, -0.15) is 8.78 Å². The van der Waals surface area contributed by atoms with Crippen LogP contribution in [0, 0.1) is 5.82 Å². The Morgan fingerprint density at radius 3 is 2.35 bits per heavy atom. The molecule has 1 aromatic heterocycles. The van der Waals surface area contributed by atoms with Crippen LogP contribution >= 0.6 is 0 Å². The Kier molecular flexibility index (Phi) is 5.26. The summed E-state index contributed by atoms with van der Waals surface area (Å²) in [6.07, 6.45) is 0. The van der Waals surface area contributed by atoms with Crippen molar-refractivity contribution in [3.05, 3.63) is 77.8 Å². The van der Waals surface area contributed by atoms with Crippen LogP contribution < -0.4 is 10.1 Å². The van der Waals surface area contributed by atoms with Crippen molar-refractivity contribution >= 4 is 5.91 Å². The third-order valence-electron chi connectivity index (χ3n) is 3.56. The monoisotopic (exact) mass is 361 g/mol. The average molecular weight is 361 g/mol. The molecule has 0 saturated heterocycles. The molecule has 0 aliphatic rings. The van der Waals surface area contributed by atoms with Crippen molar-refractivity contribution in [3.63, 3.8) is 0 Å². The first-order valence-electron chi connectivity index (χ1n) is 7.69. The quantitative estimate of drug-likeness (QED) is 0.697. The molecule has 134 valence electrons. The normalized spacial score (nSPS) is 10.8. The number of halogens is 3. The van der Waals surface area contributed by atoms with E-state index < -0.39 is 12.5 Å². The molecule has 0 bridgehead atoms. The van der Waals surface area contributed by atoms with E-state index in [4.69, 9.17) is 4.42 Å². The van der Waals surface area contributed by atoms with E-state index in [1.165, 1.54) is 30.3 Å². The Morgan fingerprint density at radius 1 is 1.00 bits per heavy atom. The van der Waals surface area contributed by atoms with Crippen LogP contribution in [0.25, 0.3) is 11.3 Å². The SMILES string of the molecule is O=C(NCc1ccc(OC(F)F)cc1)c1ccc(-c2ccc(F)cc2)o1. The van der Waals surface area contributed by atoms with E-state index >= 15 is 0 Å². The summed E-state index contributed by atoms with van der Waals surface area (Å²) in [7, 11) is 0. The number of carbonyl (C=O) groups excluding carboxylic acids is 1. The Balaban J connectivity index is 1.59. The van der Waals surface area contributed by atoms with Gasteiger partial charge in [0, 0.05) is 12.1 Å². The minimum absolute atomic E-state index is 0.0463. The third kappa shape index (κ3) is 4.44. The van der Waals surface area contributed by atoms with Crippen LogP contribution in [0.2, 0.25) is 0 Å². The van der Waals surface area contributed by atoms with E-state index in [1.54, 1.807) is 30.3 Å². The van der Waals surface area contributed by atoms with E-state index in [9.17, 15) is 18.0 Å². The van der Waals surface area contributed by atoms with Crippen LogP contribution in [0.1, 0.15) is 16.1 Å². The van der Waals surface area contributed by atoms with Crippen LogP contribution in [0.3, 0.4) is 0 Å². The summed E-state index contributed by atoms with van der Waals surface area (Å²) < 4.78 is 46.9. The van der Waals surface area contributed by atoms with Gasteiger partial charge in [-0.05, 0) is 54.1 Å². The van der Waals surface area contributed by atoms with E-state index in [0.29, 0.717) is 16.9 Å². The second-order valence-electron chi connectivity index (χ2n) is 5.38. The van der Waals surface area contributed by atoms with Crippen molar-refractivity contribution in [3.8, 4) is 17.1 Å². The highest BCUT2D eigenvalue weighted by molar-refractivity contribution is 5.92. The Bertz CT molecular complexity index is 874. The first-order chi connectivity index (χ1) is 12.5. The molecule has 0 spiro atoms. The molecule has 7 heteroatoms. The maximum absolute atomic E-state index is 12.9. The fourth-order valence-electron chi connectivity index (χ4n) is 2.29. The predicted octanol–water partition coefficient (Wildman–Crippen LogP) is 4.62. The summed E-state index contributed by atoms with van der Waals surface area (Å²) in [4.78, 5) is 12.1. The largest absolute Gasteiger partial charge is 0.451 e. The number of rotatable bonds is 6. The molecule has 2 aromatic carbocycles. The van der Waals surface area contributed by atoms with Gasteiger partial charge in [0.2, 0.25) is 0 Å². The average Bonchev–Trinajstić information content (AvgIpc) is 3.11. The van der Waals surface area contributed by atoms with Crippen LogP contribution in [-0.2, 0) is 6.54 Å². The molecule has 0 fully saturated rings. The smallest absolute Gasteiger partial charge is 0.387 e. The number of benzene rings is 2. The highest BCUT2D eigenvalue weighted by atomic mass is 19.3. The van der Waals surface area contributed by atoms with Crippen molar-refractivity contribution in [1.82, 2.24) is 5.32 Å². The van der Waals surface area contributed by atoms with Crippen molar-refractivity contribution in [2.75, 3.05) is 0 Å². The fraction of sp³-hybridized carbons (Fsp3) is 0.105. The van der Waals surface area contributed by atoms with Gasteiger partial charge < -0.3 is 14.5 Å². The minimum atomic E-state index is -2.88. The number of carbonyl (C=O) groups is 1. The number of ether oxygens (including phenoxy) is 1. The molecule has 1 N–H and O–H groups in total.